The van der Waals surface area contributed by atoms with Crippen molar-refractivity contribution >= 4 is 22.8 Å². The third kappa shape index (κ3) is 3.52. The highest BCUT2D eigenvalue weighted by Gasteiger charge is 2.24. The van der Waals surface area contributed by atoms with E-state index in [9.17, 15) is 9.18 Å². The quantitative estimate of drug-likeness (QED) is 0.509. The molecule has 1 aliphatic rings. The van der Waals surface area contributed by atoms with Crippen molar-refractivity contribution in [2.75, 3.05) is 31.1 Å². The summed E-state index contributed by atoms with van der Waals surface area (Å²) >= 11 is 0. The van der Waals surface area contributed by atoms with Crippen LogP contribution in [0.5, 0.6) is 0 Å². The smallest absolute Gasteiger partial charge is 0.219 e. The lowest BCUT2D eigenvalue weighted by atomic mass is 10.1. The predicted octanol–water partition coefficient (Wildman–Crippen LogP) is 3.90. The summed E-state index contributed by atoms with van der Waals surface area (Å²) in [4.78, 5) is 25.0. The van der Waals surface area contributed by atoms with Crippen LogP contribution in [-0.2, 0) is 4.79 Å². The van der Waals surface area contributed by atoms with E-state index in [4.69, 9.17) is 0 Å². The molecule has 3 heterocycles. The number of nitrogens with zero attached hydrogens (tertiary/aromatic N) is 5. The largest absolute Gasteiger partial charge is 0.352 e. The van der Waals surface area contributed by atoms with Crippen molar-refractivity contribution in [2.24, 2.45) is 0 Å². The third-order valence-electron chi connectivity index (χ3n) is 5.78. The summed E-state index contributed by atoms with van der Waals surface area (Å²) in [6.07, 6.45) is 3.61. The number of rotatable bonds is 3. The number of halogens is 1. The van der Waals surface area contributed by atoms with Crippen LogP contribution in [-0.4, -0.2) is 51.5 Å². The van der Waals surface area contributed by atoms with Crippen LogP contribution in [0.25, 0.3) is 27.8 Å². The number of carbonyl (C=O) groups is 1. The highest BCUT2D eigenvalue weighted by Crippen LogP contribution is 2.37. The Hall–Kier alpha value is -3.74. The van der Waals surface area contributed by atoms with Crippen molar-refractivity contribution in [1.82, 2.24) is 19.4 Å². The van der Waals surface area contributed by atoms with E-state index in [1.54, 1.807) is 25.4 Å². The van der Waals surface area contributed by atoms with Crippen LogP contribution in [0.1, 0.15) is 6.92 Å². The van der Waals surface area contributed by atoms with E-state index >= 15 is 0 Å². The van der Waals surface area contributed by atoms with E-state index in [-0.39, 0.29) is 11.7 Å². The minimum atomic E-state index is -0.276. The third-order valence-corrected chi connectivity index (χ3v) is 5.78. The van der Waals surface area contributed by atoms with Gasteiger partial charge in [-0.25, -0.2) is 14.4 Å². The van der Waals surface area contributed by atoms with Gasteiger partial charge in [-0.2, -0.15) is 0 Å². The number of hydrogen-bond acceptors (Lipinski definition) is 4. The maximum absolute atomic E-state index is 13.5. The number of amides is 1. The van der Waals surface area contributed by atoms with Crippen LogP contribution in [0.3, 0.4) is 0 Å². The van der Waals surface area contributed by atoms with Crippen molar-refractivity contribution < 1.29 is 9.18 Å². The highest BCUT2D eigenvalue weighted by molar-refractivity contribution is 6.02. The van der Waals surface area contributed by atoms with Crippen LogP contribution >= 0.6 is 0 Å². The fraction of sp³-hybridized carbons (Fsp3) is 0.208. The molecule has 1 aliphatic heterocycles. The first kappa shape index (κ1) is 19.2. The van der Waals surface area contributed by atoms with Crippen LogP contribution in [0.15, 0.2) is 67.1 Å². The van der Waals surface area contributed by atoms with Gasteiger partial charge in [-0.1, -0.05) is 30.3 Å². The molecule has 31 heavy (non-hydrogen) atoms. The van der Waals surface area contributed by atoms with E-state index in [2.05, 4.69) is 27.0 Å². The number of fused-ring (bicyclic) bond motifs is 1. The molecule has 156 valence electrons. The van der Waals surface area contributed by atoms with Gasteiger partial charge >= 0.3 is 0 Å². The standard InChI is InChI=1S/C24H22FN5O/c1-17(31)28-11-13-29(14-12-28)23-22-21(18-5-3-2-4-6-18)15-30(24(22)27-16-26-23)20-9-7-19(25)8-10-20/h2-10,15-16H,11-14H2,1H3. The number of hydrogen-bond donors (Lipinski definition) is 0. The molecule has 0 radical (unpaired) electrons. The second kappa shape index (κ2) is 7.83. The summed E-state index contributed by atoms with van der Waals surface area (Å²) in [7, 11) is 0. The minimum Gasteiger partial charge on any atom is -0.352 e. The molecule has 0 aliphatic carbocycles. The Balaban J connectivity index is 1.67. The monoisotopic (exact) mass is 415 g/mol. The first-order valence-corrected chi connectivity index (χ1v) is 10.3. The Kier molecular flexibility index (Phi) is 4.86. The van der Waals surface area contributed by atoms with E-state index in [0.717, 1.165) is 33.7 Å². The molecular weight excluding hydrogens is 393 g/mol. The van der Waals surface area contributed by atoms with Crippen molar-refractivity contribution in [1.29, 1.82) is 0 Å². The molecule has 2 aromatic heterocycles. The molecule has 7 heteroatoms. The van der Waals surface area contributed by atoms with Gasteiger partial charge in [0.2, 0.25) is 5.91 Å². The Morgan fingerprint density at radius 1 is 0.935 bits per heavy atom. The van der Waals surface area contributed by atoms with Gasteiger partial charge in [-0.05, 0) is 29.8 Å². The van der Waals surface area contributed by atoms with Gasteiger partial charge in [0.15, 0.2) is 5.65 Å². The SMILES string of the molecule is CC(=O)N1CCN(c2ncnc3c2c(-c2ccccc2)cn3-c2ccc(F)cc2)CC1. The van der Waals surface area contributed by atoms with Gasteiger partial charge in [0.1, 0.15) is 18.0 Å². The summed E-state index contributed by atoms with van der Waals surface area (Å²) < 4.78 is 15.5. The Morgan fingerprint density at radius 2 is 1.65 bits per heavy atom. The van der Waals surface area contributed by atoms with Gasteiger partial charge in [-0.15, -0.1) is 0 Å². The van der Waals surface area contributed by atoms with Gasteiger partial charge < -0.3 is 14.4 Å². The Labute approximate surface area is 179 Å². The Morgan fingerprint density at radius 3 is 2.32 bits per heavy atom. The van der Waals surface area contributed by atoms with E-state index in [1.165, 1.54) is 12.1 Å². The molecular formula is C24H22FN5O. The van der Waals surface area contributed by atoms with E-state index < -0.39 is 0 Å². The second-order valence-electron chi connectivity index (χ2n) is 7.64. The zero-order valence-electron chi connectivity index (χ0n) is 17.2. The zero-order valence-corrected chi connectivity index (χ0v) is 17.2. The maximum Gasteiger partial charge on any atom is 0.219 e. The fourth-order valence-corrected chi connectivity index (χ4v) is 4.15. The van der Waals surface area contributed by atoms with E-state index in [1.807, 2.05) is 33.9 Å². The molecule has 0 bridgehead atoms. The molecule has 5 rings (SSSR count). The fourth-order valence-electron chi connectivity index (χ4n) is 4.15. The highest BCUT2D eigenvalue weighted by atomic mass is 19.1. The molecule has 4 aromatic rings. The van der Waals surface area contributed by atoms with Gasteiger partial charge in [-0.3, -0.25) is 4.79 Å². The van der Waals surface area contributed by atoms with Gasteiger partial charge in [0.25, 0.3) is 0 Å². The van der Waals surface area contributed by atoms with Crippen molar-refractivity contribution in [2.45, 2.75) is 6.92 Å². The topological polar surface area (TPSA) is 54.3 Å². The van der Waals surface area contributed by atoms with Crippen LogP contribution in [0.2, 0.25) is 0 Å². The number of anilines is 1. The van der Waals surface area contributed by atoms with Gasteiger partial charge in [0.05, 0.1) is 5.39 Å². The van der Waals surface area contributed by atoms with Crippen molar-refractivity contribution in [3.63, 3.8) is 0 Å². The Bertz CT molecular complexity index is 1230. The summed E-state index contributed by atoms with van der Waals surface area (Å²) in [5.74, 6) is 0.676. The van der Waals surface area contributed by atoms with E-state index in [0.29, 0.717) is 26.2 Å². The van der Waals surface area contributed by atoms with Crippen molar-refractivity contribution in [3.05, 3.63) is 72.9 Å². The number of benzene rings is 2. The lowest BCUT2D eigenvalue weighted by Gasteiger charge is -2.35. The van der Waals surface area contributed by atoms with Crippen LogP contribution in [0.4, 0.5) is 10.2 Å². The van der Waals surface area contributed by atoms with Crippen LogP contribution < -0.4 is 4.90 Å². The summed E-state index contributed by atoms with van der Waals surface area (Å²) in [6.45, 7) is 4.36. The average molecular weight is 415 g/mol. The first-order valence-electron chi connectivity index (χ1n) is 10.3. The predicted molar refractivity (Wildman–Crippen MR) is 119 cm³/mol. The average Bonchev–Trinajstić information content (AvgIpc) is 3.20. The molecule has 0 atom stereocenters. The molecule has 0 saturated carbocycles. The molecule has 0 unspecified atom stereocenters. The number of aromatic nitrogens is 3. The molecule has 1 amide bonds. The van der Waals surface area contributed by atoms with Crippen LogP contribution in [0, 0.1) is 5.82 Å². The lowest BCUT2D eigenvalue weighted by molar-refractivity contribution is -0.129. The molecule has 6 nitrogen and oxygen atoms in total. The zero-order chi connectivity index (χ0) is 21.4. The molecule has 1 saturated heterocycles. The molecule has 1 fully saturated rings. The minimum absolute atomic E-state index is 0.0971. The number of carbonyl (C=O) groups excluding carboxylic acids is 1. The first-order chi connectivity index (χ1) is 15.1. The van der Waals surface area contributed by atoms with Gasteiger partial charge in [0, 0.05) is 50.6 Å². The lowest BCUT2D eigenvalue weighted by Crippen LogP contribution is -2.48. The summed E-state index contributed by atoms with van der Waals surface area (Å²) in [5, 5.41) is 0.953. The summed E-state index contributed by atoms with van der Waals surface area (Å²) in [5.41, 5.74) is 3.68. The molecule has 0 spiro atoms. The maximum atomic E-state index is 13.5. The number of piperazine rings is 1. The normalized spacial score (nSPS) is 14.3. The second-order valence-corrected chi connectivity index (χ2v) is 7.64. The summed E-state index contributed by atoms with van der Waals surface area (Å²) in [6, 6.07) is 16.5. The molecule has 0 N–H and O–H groups in total. The van der Waals surface area contributed by atoms with Crippen molar-refractivity contribution in [3.8, 4) is 16.8 Å². The molecule has 2 aromatic carbocycles.